The van der Waals surface area contributed by atoms with Gasteiger partial charge in [0.25, 0.3) is 0 Å². The summed E-state index contributed by atoms with van der Waals surface area (Å²) in [5.74, 6) is -0.582. The number of carboxylic acid groups (broad SMARTS) is 2. The number of carboxylic acids is 1. The van der Waals surface area contributed by atoms with Gasteiger partial charge in [0.1, 0.15) is 16.5 Å². The molecule has 1 aliphatic heterocycles. The predicted octanol–water partition coefficient (Wildman–Crippen LogP) is 3.98. The number of likely N-dealkylation sites (tertiary alicyclic amines) is 1. The normalized spacial score (nSPS) is 20.3. The molecule has 156 valence electrons. The first kappa shape index (κ1) is 22.6. The van der Waals surface area contributed by atoms with E-state index < -0.39 is 26.4 Å². The first-order chi connectivity index (χ1) is 12.8. The molecule has 0 bridgehead atoms. The Morgan fingerprint density at radius 2 is 2.00 bits per heavy atom. The number of carbonyl (C=O) groups is 2. The van der Waals surface area contributed by atoms with Crippen molar-refractivity contribution in [1.29, 1.82) is 0 Å². The van der Waals surface area contributed by atoms with Crippen molar-refractivity contribution in [1.82, 2.24) is 9.88 Å². The van der Waals surface area contributed by atoms with Gasteiger partial charge in [0.2, 0.25) is 0 Å². The van der Waals surface area contributed by atoms with Crippen LogP contribution < -0.4 is 5.32 Å². The molecule has 0 spiro atoms. The Hall–Kier alpha value is -1.65. The lowest BCUT2D eigenvalue weighted by molar-refractivity contribution is -0.141. The van der Waals surface area contributed by atoms with E-state index in [4.69, 9.17) is 4.43 Å². The van der Waals surface area contributed by atoms with Crippen molar-refractivity contribution >= 4 is 42.1 Å². The molecule has 1 aromatic rings. The van der Waals surface area contributed by atoms with E-state index in [0.717, 1.165) is 10.5 Å². The van der Waals surface area contributed by atoms with Crippen LogP contribution in [0.2, 0.25) is 18.1 Å². The average molecular weight is 474 g/mol. The summed E-state index contributed by atoms with van der Waals surface area (Å²) in [5.41, 5.74) is 0.942. The van der Waals surface area contributed by atoms with Crippen LogP contribution in [0, 0.1) is 0 Å². The Kier molecular flexibility index (Phi) is 6.77. The smallest absolute Gasteiger partial charge is 0.408 e. The van der Waals surface area contributed by atoms with Crippen molar-refractivity contribution in [3.8, 4) is 0 Å². The lowest BCUT2D eigenvalue weighted by Gasteiger charge is -2.36. The molecule has 1 aliphatic rings. The summed E-state index contributed by atoms with van der Waals surface area (Å²) in [6.45, 7) is 11.5. The second-order valence-electron chi connectivity index (χ2n) is 8.60. The molecule has 10 heteroatoms. The summed E-state index contributed by atoms with van der Waals surface area (Å²) in [5, 5.41) is 21.7. The van der Waals surface area contributed by atoms with Crippen LogP contribution in [-0.2, 0) is 15.8 Å². The molecule has 0 aliphatic carbocycles. The summed E-state index contributed by atoms with van der Waals surface area (Å²) in [6, 6.07) is 2.37. The van der Waals surface area contributed by atoms with E-state index in [0.29, 0.717) is 17.0 Å². The van der Waals surface area contributed by atoms with E-state index in [1.165, 1.54) is 0 Å². The Morgan fingerprint density at radius 1 is 1.36 bits per heavy atom. The van der Waals surface area contributed by atoms with E-state index in [1.807, 2.05) is 12.1 Å². The number of halogens is 1. The van der Waals surface area contributed by atoms with Gasteiger partial charge in [0.05, 0.1) is 6.61 Å². The van der Waals surface area contributed by atoms with Crippen molar-refractivity contribution in [2.24, 2.45) is 0 Å². The zero-order valence-corrected chi connectivity index (χ0v) is 19.4. The van der Waals surface area contributed by atoms with Gasteiger partial charge in [-0.05, 0) is 51.8 Å². The standard InChI is InChI=1S/C18H28BrN3O5Si/c1-18(2,3)28(4,5)27-10-11-6-14(19)21-15(7-11)20-12-8-13(16(23)24)22(9-12)17(25)26/h6-7,12-13H,8-10H2,1-5H3,(H,20,21)(H,23,24)(H,25,26)/t12-,13-/m0/s1. The van der Waals surface area contributed by atoms with Crippen molar-refractivity contribution in [3.63, 3.8) is 0 Å². The van der Waals surface area contributed by atoms with Crippen LogP contribution in [0.4, 0.5) is 10.6 Å². The summed E-state index contributed by atoms with van der Waals surface area (Å²) in [4.78, 5) is 27.9. The Labute approximate surface area is 174 Å². The highest BCUT2D eigenvalue weighted by Crippen LogP contribution is 2.37. The molecule has 0 radical (unpaired) electrons. The van der Waals surface area contributed by atoms with Crippen LogP contribution in [0.1, 0.15) is 32.8 Å². The fraction of sp³-hybridized carbons (Fsp3) is 0.611. The molecule has 0 saturated carbocycles. The number of aromatic nitrogens is 1. The maximum absolute atomic E-state index is 11.3. The molecule has 1 amide bonds. The fourth-order valence-corrected chi connectivity index (χ4v) is 4.23. The number of hydrogen-bond donors (Lipinski definition) is 3. The monoisotopic (exact) mass is 473 g/mol. The third-order valence-corrected chi connectivity index (χ3v) is 10.3. The van der Waals surface area contributed by atoms with Gasteiger partial charge in [-0.15, -0.1) is 0 Å². The number of amides is 1. The van der Waals surface area contributed by atoms with Crippen LogP contribution >= 0.6 is 15.9 Å². The third-order valence-electron chi connectivity index (χ3n) is 5.44. The van der Waals surface area contributed by atoms with Crippen LogP contribution in [0.3, 0.4) is 0 Å². The first-order valence-corrected chi connectivity index (χ1v) is 12.8. The third kappa shape index (κ3) is 5.45. The topological polar surface area (TPSA) is 112 Å². The minimum absolute atomic E-state index is 0.0935. The molecule has 1 aromatic heterocycles. The largest absolute Gasteiger partial charge is 0.480 e. The highest BCUT2D eigenvalue weighted by molar-refractivity contribution is 9.10. The molecule has 8 nitrogen and oxygen atoms in total. The van der Waals surface area contributed by atoms with Crippen molar-refractivity contribution < 1.29 is 24.2 Å². The number of nitrogens with zero attached hydrogens (tertiary/aromatic N) is 2. The van der Waals surface area contributed by atoms with Gasteiger partial charge in [-0.3, -0.25) is 4.90 Å². The number of hydrogen-bond acceptors (Lipinski definition) is 5. The lowest BCUT2D eigenvalue weighted by atomic mass is 10.1. The summed E-state index contributed by atoms with van der Waals surface area (Å²) in [7, 11) is -1.90. The van der Waals surface area contributed by atoms with E-state index >= 15 is 0 Å². The lowest BCUT2D eigenvalue weighted by Crippen LogP contribution is -2.40. The summed E-state index contributed by atoms with van der Waals surface area (Å²) in [6.07, 6.45) is -1.05. The molecule has 2 heterocycles. The number of nitrogens with one attached hydrogen (secondary N) is 1. The zero-order valence-electron chi connectivity index (χ0n) is 16.8. The molecule has 2 rings (SSSR count). The van der Waals surface area contributed by atoms with E-state index in [-0.39, 0.29) is 24.0 Å². The highest BCUT2D eigenvalue weighted by Gasteiger charge is 2.40. The van der Waals surface area contributed by atoms with Crippen LogP contribution in [0.5, 0.6) is 0 Å². The Bertz CT molecular complexity index is 731. The molecule has 1 fully saturated rings. The summed E-state index contributed by atoms with van der Waals surface area (Å²) < 4.78 is 6.89. The number of rotatable bonds is 6. The van der Waals surface area contributed by atoms with Gasteiger partial charge in [-0.25, -0.2) is 14.6 Å². The predicted molar refractivity (Wildman–Crippen MR) is 112 cm³/mol. The second-order valence-corrected chi connectivity index (χ2v) is 14.2. The minimum Gasteiger partial charge on any atom is -0.480 e. The van der Waals surface area contributed by atoms with Crippen molar-refractivity contribution in [2.45, 2.75) is 64.0 Å². The fourth-order valence-electron chi connectivity index (χ4n) is 2.78. The molecular weight excluding hydrogens is 446 g/mol. The number of aliphatic carboxylic acids is 1. The molecule has 3 N–H and O–H groups in total. The van der Waals surface area contributed by atoms with Crippen molar-refractivity contribution in [2.75, 3.05) is 11.9 Å². The van der Waals surface area contributed by atoms with Gasteiger partial charge in [-0.1, -0.05) is 20.8 Å². The zero-order chi connectivity index (χ0) is 21.3. The Morgan fingerprint density at radius 3 is 2.50 bits per heavy atom. The van der Waals surface area contributed by atoms with Gasteiger partial charge in [0, 0.05) is 19.0 Å². The molecule has 28 heavy (non-hydrogen) atoms. The molecule has 0 unspecified atom stereocenters. The maximum Gasteiger partial charge on any atom is 0.408 e. The maximum atomic E-state index is 11.3. The van der Waals surface area contributed by atoms with Crippen LogP contribution in [0.15, 0.2) is 16.7 Å². The molecular formula is C18H28BrN3O5Si. The van der Waals surface area contributed by atoms with E-state index in [2.05, 4.69) is 60.1 Å². The van der Waals surface area contributed by atoms with Gasteiger partial charge in [-0.2, -0.15) is 0 Å². The summed E-state index contributed by atoms with van der Waals surface area (Å²) >= 11 is 3.40. The molecule has 1 saturated heterocycles. The number of pyridine rings is 1. The highest BCUT2D eigenvalue weighted by atomic mass is 79.9. The van der Waals surface area contributed by atoms with Gasteiger partial charge >= 0.3 is 12.1 Å². The second kappa shape index (κ2) is 8.38. The first-order valence-electron chi connectivity index (χ1n) is 9.09. The Balaban J connectivity index is 2.09. The quantitative estimate of drug-likeness (QED) is 0.422. The minimum atomic E-state index is -1.90. The van der Waals surface area contributed by atoms with Crippen LogP contribution in [0.25, 0.3) is 0 Å². The average Bonchev–Trinajstić information content (AvgIpc) is 2.96. The van der Waals surface area contributed by atoms with Gasteiger partial charge in [0.15, 0.2) is 8.32 Å². The van der Waals surface area contributed by atoms with Crippen molar-refractivity contribution in [3.05, 3.63) is 22.3 Å². The number of anilines is 1. The van der Waals surface area contributed by atoms with E-state index in [9.17, 15) is 19.8 Å². The SMILES string of the molecule is CC(C)(C)[Si](C)(C)OCc1cc(Br)nc(N[C@H]2C[C@@H](C(=O)O)N(C(=O)O)C2)c1. The molecule has 0 aromatic carbocycles. The van der Waals surface area contributed by atoms with E-state index in [1.54, 1.807) is 0 Å². The molecule has 2 atom stereocenters. The van der Waals surface area contributed by atoms with Crippen LogP contribution in [-0.4, -0.2) is 59.1 Å². The van der Waals surface area contributed by atoms with Gasteiger partial charge < -0.3 is 20.0 Å².